The molecule has 10 atom stereocenters. The predicted molar refractivity (Wildman–Crippen MR) is 278 cm³/mol. The third kappa shape index (κ3) is 9.24. The number of aromatic amines is 1. The lowest BCUT2D eigenvalue weighted by Gasteiger charge is -2.42. The Morgan fingerprint density at radius 2 is 1.51 bits per heavy atom. The highest BCUT2D eigenvalue weighted by Gasteiger charge is 2.73. The molecule has 1 saturated heterocycles. The number of rotatable bonds is 20. The van der Waals surface area contributed by atoms with Crippen LogP contribution in [0.4, 0.5) is 10.2 Å². The Morgan fingerprint density at radius 3 is 2.17 bits per heavy atom. The van der Waals surface area contributed by atoms with Gasteiger partial charge >= 0.3 is 7.82 Å². The van der Waals surface area contributed by atoms with E-state index in [1.807, 2.05) is 95.6 Å². The summed E-state index contributed by atoms with van der Waals surface area (Å²) in [5.74, 6) is 0.497. The van der Waals surface area contributed by atoms with Crippen molar-refractivity contribution in [2.75, 3.05) is 32.8 Å². The molecule has 2 N–H and O–H groups in total. The molecular weight excluding hydrogens is 1010 g/mol. The van der Waals surface area contributed by atoms with Crippen molar-refractivity contribution >= 4 is 41.9 Å². The minimum Gasteiger partial charge on any atom is -0.497 e. The van der Waals surface area contributed by atoms with E-state index in [1.165, 1.54) is 23.5 Å². The summed E-state index contributed by atoms with van der Waals surface area (Å²) in [6.45, 7) is 3.21. The number of methoxy groups -OCH3 is 2. The quantitative estimate of drug-likeness (QED) is 0.0411. The molecule has 4 aromatic carbocycles. The molecule has 2 unspecified atom stereocenters. The van der Waals surface area contributed by atoms with Crippen LogP contribution in [0.1, 0.15) is 72.4 Å². The molecule has 20 nitrogen and oxygen atoms in total. The second-order valence-corrected chi connectivity index (χ2v) is 20.9. The van der Waals surface area contributed by atoms with E-state index < -0.39 is 61.2 Å². The number of carbonyl (C=O) groups is 1. The highest BCUT2D eigenvalue weighted by Crippen LogP contribution is 2.73. The molecule has 1 aliphatic heterocycles. The van der Waals surface area contributed by atoms with Crippen molar-refractivity contribution in [3.05, 3.63) is 167 Å². The Morgan fingerprint density at radius 1 is 0.870 bits per heavy atom. The van der Waals surface area contributed by atoms with Crippen molar-refractivity contribution in [1.82, 2.24) is 39.0 Å². The Kier molecular flexibility index (Phi) is 14.0. The molecule has 0 radical (unpaired) electrons. The first-order valence-corrected chi connectivity index (χ1v) is 26.6. The van der Waals surface area contributed by atoms with E-state index in [0.29, 0.717) is 34.6 Å². The van der Waals surface area contributed by atoms with E-state index in [4.69, 9.17) is 42.5 Å². The zero-order chi connectivity index (χ0) is 53.5. The van der Waals surface area contributed by atoms with E-state index in [1.54, 1.807) is 51.7 Å². The van der Waals surface area contributed by atoms with Crippen LogP contribution >= 0.6 is 7.82 Å². The van der Waals surface area contributed by atoms with Gasteiger partial charge in [0.25, 0.3) is 11.5 Å². The first-order chi connectivity index (χ1) is 37.4. The summed E-state index contributed by atoms with van der Waals surface area (Å²) in [5, 5.41) is 12.5. The summed E-state index contributed by atoms with van der Waals surface area (Å²) in [7, 11) is -1.59. The van der Waals surface area contributed by atoms with Crippen LogP contribution in [0.3, 0.4) is 0 Å². The highest BCUT2D eigenvalue weighted by atomic mass is 31.2. The van der Waals surface area contributed by atoms with Crippen LogP contribution < -0.4 is 20.3 Å². The zero-order valence-corrected chi connectivity index (χ0v) is 43.2. The van der Waals surface area contributed by atoms with Crippen LogP contribution in [-0.2, 0) is 33.2 Å². The van der Waals surface area contributed by atoms with Gasteiger partial charge in [-0.15, -0.1) is 0 Å². The SMILES string of the molecule is CC[C@H]1O[C@@H](n2cnc3c(=O)[nH]cnc32)[C@H](F)[C@@H]1OP(=O)(OCCC#N)OC[C@]12C[C@@H]1[C@@H](n1cnc3c(NC(=O)c4ccccc4)ncnc31)[C@H](C)C2OC(c1ccccc1)(c1ccc(OC)cc1)c1ccc(OC)cc1. The number of alkyl halides is 1. The van der Waals surface area contributed by atoms with Crippen molar-refractivity contribution in [3.63, 3.8) is 0 Å². The van der Waals surface area contributed by atoms with E-state index in [-0.39, 0.29) is 60.8 Å². The van der Waals surface area contributed by atoms with Crippen LogP contribution in [0.5, 0.6) is 11.5 Å². The number of nitrogens with one attached hydrogen (secondary N) is 2. The van der Waals surface area contributed by atoms with E-state index in [9.17, 15) is 14.9 Å². The number of fused-ring (bicyclic) bond motifs is 3. The number of halogens is 1. The van der Waals surface area contributed by atoms with Gasteiger partial charge < -0.3 is 33.8 Å². The molecule has 3 fully saturated rings. The third-order valence-corrected chi connectivity index (χ3v) is 16.6. The fourth-order valence-corrected chi connectivity index (χ4v) is 12.8. The smallest absolute Gasteiger partial charge is 0.475 e. The molecule has 8 aromatic rings. The summed E-state index contributed by atoms with van der Waals surface area (Å²) in [6.07, 6.45) is -0.538. The summed E-state index contributed by atoms with van der Waals surface area (Å²) in [4.78, 5) is 50.8. The lowest BCUT2D eigenvalue weighted by molar-refractivity contribution is -0.107. The lowest BCUT2D eigenvalue weighted by atomic mass is 9.79. The maximum atomic E-state index is 17.0. The van der Waals surface area contributed by atoms with E-state index >= 15 is 8.96 Å². The number of aromatic nitrogens is 8. The number of hydrogen-bond acceptors (Lipinski definition) is 16. The standard InChI is InChI=1S/C55H54FN10O10P/c1-5-41-46(42(56)53(74-41)66-32-63-44-50(66)60-30-61-52(44)68)76-77(69,72-26-12-25-57)73-28-54-27-40(54)45(65-31-62-43-48(58-29-59-49(43)65)64-51(67)34-13-8-6-9-14-34)33(2)47(54)75-55(35-15-10-7-11-16-35,36-17-21-38(70-3)22-18-36)37-19-23-39(71-4)24-20-37/h6-11,13-24,29-33,40-42,45-47,53H,5,12,26-28H2,1-4H3,(H,60,61,68)(H,58,59,64,67)/t33-,40+,41+,42+,45-,46+,47?,53+,54+,77?/m0/s1. The molecule has 11 rings (SSSR count). The van der Waals surface area contributed by atoms with Crippen LogP contribution in [0.25, 0.3) is 22.3 Å². The molecule has 0 bridgehead atoms. The van der Waals surface area contributed by atoms with Crippen LogP contribution in [0, 0.1) is 28.6 Å². The minimum absolute atomic E-state index is 0.0182. The number of phosphoric ester groups is 1. The summed E-state index contributed by atoms with van der Waals surface area (Å²) >= 11 is 0. The first kappa shape index (κ1) is 51.4. The fraction of sp³-hybridized carbons (Fsp3) is 0.345. The molecule has 77 heavy (non-hydrogen) atoms. The van der Waals surface area contributed by atoms with Gasteiger partial charge in [-0.05, 0) is 71.8 Å². The monoisotopic (exact) mass is 1060 g/mol. The van der Waals surface area contributed by atoms with Crippen molar-refractivity contribution in [1.29, 1.82) is 5.26 Å². The average Bonchev–Trinajstić information content (AvgIpc) is 3.98. The number of carbonyl (C=O) groups excluding carboxylic acids is 1. The molecule has 5 heterocycles. The Bertz CT molecular complexity index is 3520. The number of nitriles is 1. The van der Waals surface area contributed by atoms with Crippen molar-refractivity contribution in [3.8, 4) is 17.6 Å². The Labute approximate surface area is 441 Å². The molecule has 3 aliphatic rings. The number of H-pyrrole nitrogens is 1. The molecule has 0 spiro atoms. The number of amides is 1. The van der Waals surface area contributed by atoms with Crippen molar-refractivity contribution in [2.24, 2.45) is 17.3 Å². The van der Waals surface area contributed by atoms with Gasteiger partial charge in [0, 0.05) is 22.9 Å². The van der Waals surface area contributed by atoms with E-state index in [2.05, 4.69) is 32.2 Å². The van der Waals surface area contributed by atoms with Gasteiger partial charge in [0.2, 0.25) is 0 Å². The molecule has 2 saturated carbocycles. The number of ether oxygens (including phenoxy) is 4. The molecule has 1 amide bonds. The first-order valence-electron chi connectivity index (χ1n) is 25.2. The maximum Gasteiger partial charge on any atom is 0.475 e. The predicted octanol–water partition coefficient (Wildman–Crippen LogP) is 8.89. The fourth-order valence-electron chi connectivity index (χ4n) is 11.3. The van der Waals surface area contributed by atoms with Gasteiger partial charge in [-0.1, -0.05) is 86.6 Å². The van der Waals surface area contributed by atoms with Gasteiger partial charge in [-0.25, -0.2) is 33.9 Å². The maximum absolute atomic E-state index is 17.0. The number of benzene rings is 4. The lowest BCUT2D eigenvalue weighted by Crippen LogP contribution is -2.43. The largest absolute Gasteiger partial charge is 0.497 e. The topological polar surface area (TPSA) is 242 Å². The number of hydrogen-bond donors (Lipinski definition) is 2. The highest BCUT2D eigenvalue weighted by molar-refractivity contribution is 7.48. The number of phosphoric acid groups is 1. The molecule has 4 aromatic heterocycles. The second kappa shape index (κ2) is 21.0. The zero-order valence-electron chi connectivity index (χ0n) is 42.3. The second-order valence-electron chi connectivity index (χ2n) is 19.3. The number of anilines is 1. The number of imidazole rings is 2. The van der Waals surface area contributed by atoms with Crippen LogP contribution in [0.2, 0.25) is 0 Å². The van der Waals surface area contributed by atoms with Crippen LogP contribution in [0.15, 0.2) is 139 Å². The Hall–Kier alpha value is -7.70. The average molecular weight is 1070 g/mol. The summed E-state index contributed by atoms with van der Waals surface area (Å²) < 4.78 is 79.8. The summed E-state index contributed by atoms with van der Waals surface area (Å²) in [6, 6.07) is 35.6. The van der Waals surface area contributed by atoms with Gasteiger partial charge in [-0.2, -0.15) is 5.26 Å². The van der Waals surface area contributed by atoms with Crippen molar-refractivity contribution < 1.29 is 46.3 Å². The normalized spacial score (nSPS) is 24.5. The molecule has 22 heteroatoms. The van der Waals surface area contributed by atoms with Gasteiger partial charge in [0.05, 0.1) is 71.1 Å². The summed E-state index contributed by atoms with van der Waals surface area (Å²) in [5.41, 5.74) is 0.873. The number of nitrogens with zero attached hydrogens (tertiary/aromatic N) is 8. The van der Waals surface area contributed by atoms with Crippen molar-refractivity contribution in [2.45, 2.75) is 75.5 Å². The van der Waals surface area contributed by atoms with Gasteiger partial charge in [-0.3, -0.25) is 27.7 Å². The van der Waals surface area contributed by atoms with Gasteiger partial charge in [0.1, 0.15) is 29.5 Å². The third-order valence-electron chi connectivity index (χ3n) is 15.1. The van der Waals surface area contributed by atoms with Crippen LogP contribution in [-0.4, -0.2) is 96.9 Å². The molecular formula is C55H54FN10O10P. The molecule has 2 aliphatic carbocycles. The van der Waals surface area contributed by atoms with E-state index in [0.717, 1.165) is 16.7 Å². The minimum atomic E-state index is -4.80. The molecule has 396 valence electrons. The van der Waals surface area contributed by atoms with Gasteiger partial charge in [0.15, 0.2) is 40.5 Å². The Balaban J connectivity index is 1.00.